The van der Waals surface area contributed by atoms with Crippen molar-refractivity contribution in [3.63, 3.8) is 0 Å². The summed E-state index contributed by atoms with van der Waals surface area (Å²) in [5, 5.41) is 4.04. The Bertz CT molecular complexity index is 620. The summed E-state index contributed by atoms with van der Waals surface area (Å²) in [7, 11) is 1.61. The Balaban J connectivity index is 2.27. The average Bonchev–Trinajstić information content (AvgIpc) is 2.87. The lowest BCUT2D eigenvalue weighted by Crippen LogP contribution is -2.45. The molecule has 1 N–H and O–H groups in total. The minimum absolute atomic E-state index is 0.00224. The number of thiophene rings is 1. The van der Waals surface area contributed by atoms with Crippen LogP contribution >= 0.6 is 11.3 Å². The smallest absolute Gasteiger partial charge is 0.266 e. The maximum Gasteiger partial charge on any atom is 0.266 e. The summed E-state index contributed by atoms with van der Waals surface area (Å²) in [6.07, 6.45) is 0.00224. The molecule has 2 rings (SSSR count). The quantitative estimate of drug-likeness (QED) is 0.832. The van der Waals surface area contributed by atoms with Gasteiger partial charge < -0.3 is 10.1 Å². The monoisotopic (exact) mass is 306 g/mol. The van der Waals surface area contributed by atoms with Crippen molar-refractivity contribution in [2.24, 2.45) is 0 Å². The molecule has 0 saturated heterocycles. The molecule has 1 unspecified atom stereocenters. The predicted octanol–water partition coefficient (Wildman–Crippen LogP) is 3.33. The first-order chi connectivity index (χ1) is 10.1. The molecule has 0 bridgehead atoms. The molecule has 0 aliphatic rings. The van der Waals surface area contributed by atoms with E-state index in [1.165, 1.54) is 11.3 Å². The number of fused-ring (bicyclic) bond motifs is 1. The minimum Gasteiger partial charge on any atom is -0.494 e. The number of carbonyl (C=O) groups excluding carboxylic acids is 1. The molecule has 0 saturated carbocycles. The summed E-state index contributed by atoms with van der Waals surface area (Å²) in [6, 6.07) is 7.92. The van der Waals surface area contributed by atoms with Crippen LogP contribution in [0.2, 0.25) is 0 Å². The van der Waals surface area contributed by atoms with Gasteiger partial charge in [0.2, 0.25) is 0 Å². The number of benzene rings is 1. The fourth-order valence-electron chi connectivity index (χ4n) is 2.49. The van der Waals surface area contributed by atoms with Crippen LogP contribution in [0.1, 0.15) is 30.4 Å². The lowest BCUT2D eigenvalue weighted by Gasteiger charge is -2.26. The van der Waals surface area contributed by atoms with Crippen LogP contribution in [0.4, 0.5) is 0 Å². The molecule has 0 radical (unpaired) electrons. The van der Waals surface area contributed by atoms with E-state index < -0.39 is 0 Å². The molecule has 1 aromatic heterocycles. The van der Waals surface area contributed by atoms with Crippen LogP contribution in [-0.2, 0) is 0 Å². The average molecular weight is 306 g/mol. The van der Waals surface area contributed by atoms with E-state index in [1.54, 1.807) is 7.11 Å². The number of carbonyl (C=O) groups is 1. The summed E-state index contributed by atoms with van der Waals surface area (Å²) in [5.41, 5.74) is 0. The van der Waals surface area contributed by atoms with E-state index in [4.69, 9.17) is 4.74 Å². The molecule has 1 aromatic carbocycles. The normalized spacial score (nSPS) is 12.6. The number of rotatable bonds is 6. The van der Waals surface area contributed by atoms with Gasteiger partial charge in [-0.2, -0.15) is 0 Å². The van der Waals surface area contributed by atoms with E-state index in [0.717, 1.165) is 23.2 Å². The molecule has 2 aromatic rings. The van der Waals surface area contributed by atoms with Crippen LogP contribution in [0.5, 0.6) is 5.75 Å². The molecular weight excluding hydrogens is 284 g/mol. The van der Waals surface area contributed by atoms with E-state index in [1.807, 2.05) is 31.2 Å². The number of methoxy groups -OCH3 is 1. The van der Waals surface area contributed by atoms with Crippen molar-refractivity contribution in [1.29, 1.82) is 0 Å². The Labute approximate surface area is 129 Å². The van der Waals surface area contributed by atoms with E-state index in [0.29, 0.717) is 10.6 Å². The molecule has 0 aliphatic carbocycles. The van der Waals surface area contributed by atoms with Crippen molar-refractivity contribution in [3.8, 4) is 5.75 Å². The predicted molar refractivity (Wildman–Crippen MR) is 88.2 cm³/mol. The summed E-state index contributed by atoms with van der Waals surface area (Å²) in [4.78, 5) is 15.4. The zero-order valence-electron chi connectivity index (χ0n) is 13.0. The maximum absolute atomic E-state index is 12.5. The SMILES string of the molecule is CCN(CC)C(C)NC(=O)c1sc2ccccc2c1OC. The molecule has 1 amide bonds. The van der Waals surface area contributed by atoms with E-state index in [9.17, 15) is 4.79 Å². The van der Waals surface area contributed by atoms with Gasteiger partial charge in [-0.3, -0.25) is 9.69 Å². The molecule has 0 fully saturated rings. The molecule has 114 valence electrons. The van der Waals surface area contributed by atoms with Gasteiger partial charge in [-0.1, -0.05) is 26.0 Å². The number of ether oxygens (including phenoxy) is 1. The first-order valence-corrected chi connectivity index (χ1v) is 8.04. The molecule has 1 atom stereocenters. The largest absolute Gasteiger partial charge is 0.494 e. The Morgan fingerprint density at radius 1 is 1.33 bits per heavy atom. The van der Waals surface area contributed by atoms with Gasteiger partial charge in [-0.05, 0) is 32.1 Å². The third-order valence-corrected chi connectivity index (χ3v) is 4.81. The zero-order valence-corrected chi connectivity index (χ0v) is 13.8. The Morgan fingerprint density at radius 3 is 2.62 bits per heavy atom. The minimum atomic E-state index is -0.0764. The van der Waals surface area contributed by atoms with Crippen molar-refractivity contribution < 1.29 is 9.53 Å². The third kappa shape index (κ3) is 3.19. The lowest BCUT2D eigenvalue weighted by atomic mass is 10.2. The van der Waals surface area contributed by atoms with Crippen molar-refractivity contribution in [2.75, 3.05) is 20.2 Å². The molecule has 1 heterocycles. The highest BCUT2D eigenvalue weighted by atomic mass is 32.1. The highest BCUT2D eigenvalue weighted by Crippen LogP contribution is 2.37. The van der Waals surface area contributed by atoms with Crippen LogP contribution in [0.15, 0.2) is 24.3 Å². The van der Waals surface area contributed by atoms with Gasteiger partial charge >= 0.3 is 0 Å². The Kier molecular flexibility index (Phi) is 5.20. The van der Waals surface area contributed by atoms with E-state index >= 15 is 0 Å². The summed E-state index contributed by atoms with van der Waals surface area (Å²) in [6.45, 7) is 7.99. The van der Waals surface area contributed by atoms with Crippen LogP contribution in [0, 0.1) is 0 Å². The number of amides is 1. The lowest BCUT2D eigenvalue weighted by molar-refractivity contribution is 0.0876. The van der Waals surface area contributed by atoms with Crippen LogP contribution < -0.4 is 10.1 Å². The molecule has 0 spiro atoms. The van der Waals surface area contributed by atoms with Gasteiger partial charge in [0.05, 0.1) is 13.3 Å². The molecular formula is C16H22N2O2S. The highest BCUT2D eigenvalue weighted by molar-refractivity contribution is 7.21. The second kappa shape index (κ2) is 6.91. The van der Waals surface area contributed by atoms with Crippen molar-refractivity contribution in [1.82, 2.24) is 10.2 Å². The number of nitrogens with zero attached hydrogens (tertiary/aromatic N) is 1. The summed E-state index contributed by atoms with van der Waals surface area (Å²) in [5.74, 6) is 0.590. The van der Waals surface area contributed by atoms with Gasteiger partial charge in [-0.15, -0.1) is 11.3 Å². The van der Waals surface area contributed by atoms with E-state index in [2.05, 4.69) is 24.1 Å². The summed E-state index contributed by atoms with van der Waals surface area (Å²) >= 11 is 1.47. The van der Waals surface area contributed by atoms with Gasteiger partial charge in [0.15, 0.2) is 0 Å². The first-order valence-electron chi connectivity index (χ1n) is 7.22. The molecule has 5 heteroatoms. The van der Waals surface area contributed by atoms with Gasteiger partial charge in [0, 0.05) is 10.1 Å². The van der Waals surface area contributed by atoms with E-state index in [-0.39, 0.29) is 12.1 Å². The van der Waals surface area contributed by atoms with Crippen molar-refractivity contribution in [2.45, 2.75) is 26.9 Å². The second-order valence-electron chi connectivity index (χ2n) is 4.83. The fraction of sp³-hybridized carbons (Fsp3) is 0.438. The van der Waals surface area contributed by atoms with Crippen molar-refractivity contribution >= 4 is 27.3 Å². The summed E-state index contributed by atoms with van der Waals surface area (Å²) < 4.78 is 6.52. The third-order valence-electron chi connectivity index (χ3n) is 3.66. The maximum atomic E-state index is 12.5. The zero-order chi connectivity index (χ0) is 15.4. The fourth-order valence-corrected chi connectivity index (χ4v) is 3.57. The number of hydrogen-bond donors (Lipinski definition) is 1. The highest BCUT2D eigenvalue weighted by Gasteiger charge is 2.21. The first kappa shape index (κ1) is 15.8. The Hall–Kier alpha value is -1.59. The van der Waals surface area contributed by atoms with Crippen LogP contribution in [0.25, 0.3) is 10.1 Å². The van der Waals surface area contributed by atoms with Gasteiger partial charge in [-0.25, -0.2) is 0 Å². The van der Waals surface area contributed by atoms with Gasteiger partial charge in [0.25, 0.3) is 5.91 Å². The molecule has 4 nitrogen and oxygen atoms in total. The van der Waals surface area contributed by atoms with Gasteiger partial charge in [0.1, 0.15) is 10.6 Å². The number of hydrogen-bond acceptors (Lipinski definition) is 4. The molecule has 21 heavy (non-hydrogen) atoms. The number of nitrogens with one attached hydrogen (secondary N) is 1. The standard InChI is InChI=1S/C16H22N2O2S/c1-5-18(6-2)11(3)17-16(19)15-14(20-4)12-9-7-8-10-13(12)21-15/h7-11H,5-6H2,1-4H3,(H,17,19). The van der Waals surface area contributed by atoms with Crippen LogP contribution in [0.3, 0.4) is 0 Å². The topological polar surface area (TPSA) is 41.6 Å². The Morgan fingerprint density at radius 2 is 2.00 bits per heavy atom. The molecule has 0 aliphatic heterocycles. The second-order valence-corrected chi connectivity index (χ2v) is 5.88. The van der Waals surface area contributed by atoms with Crippen LogP contribution in [-0.4, -0.2) is 37.2 Å². The van der Waals surface area contributed by atoms with Crippen molar-refractivity contribution in [3.05, 3.63) is 29.1 Å².